The minimum atomic E-state index is -3.70. The molecule has 3 rings (SSSR count). The zero-order chi connectivity index (χ0) is 22.6. The third kappa shape index (κ3) is 6.13. The standard InChI is InChI=1S/C23H32N4O3S/c1-18-6-4-5-7-21(18)16-26-12-14-27(15-13-26)23(28)17-25(3)19(2)20-8-10-22(11-9-20)31(24,29)30/h4-11,19H,12-17H2,1-3H3,(H2,24,29,30). The monoisotopic (exact) mass is 444 g/mol. The summed E-state index contributed by atoms with van der Waals surface area (Å²) in [6.45, 7) is 8.57. The highest BCUT2D eigenvalue weighted by molar-refractivity contribution is 7.89. The Labute approximate surface area is 185 Å². The van der Waals surface area contributed by atoms with E-state index in [1.165, 1.54) is 23.3 Å². The lowest BCUT2D eigenvalue weighted by atomic mass is 10.1. The quantitative estimate of drug-likeness (QED) is 0.706. The molecule has 1 fully saturated rings. The van der Waals surface area contributed by atoms with Gasteiger partial charge in [0.2, 0.25) is 15.9 Å². The summed E-state index contributed by atoms with van der Waals surface area (Å²) >= 11 is 0. The van der Waals surface area contributed by atoms with Crippen molar-refractivity contribution in [2.24, 2.45) is 5.14 Å². The molecule has 2 aromatic carbocycles. The van der Waals surface area contributed by atoms with Gasteiger partial charge in [0.05, 0.1) is 11.4 Å². The van der Waals surface area contributed by atoms with Gasteiger partial charge in [0, 0.05) is 38.8 Å². The van der Waals surface area contributed by atoms with Gasteiger partial charge in [-0.15, -0.1) is 0 Å². The van der Waals surface area contributed by atoms with E-state index in [1.807, 2.05) is 23.8 Å². The number of nitrogens with zero attached hydrogens (tertiary/aromatic N) is 3. The van der Waals surface area contributed by atoms with Gasteiger partial charge in [0.15, 0.2) is 0 Å². The number of hydrogen-bond donors (Lipinski definition) is 1. The zero-order valence-corrected chi connectivity index (χ0v) is 19.3. The van der Waals surface area contributed by atoms with E-state index in [4.69, 9.17) is 5.14 Å². The van der Waals surface area contributed by atoms with Crippen molar-refractivity contribution >= 4 is 15.9 Å². The first-order valence-corrected chi connectivity index (χ1v) is 12.1. The summed E-state index contributed by atoms with van der Waals surface area (Å²) in [5.74, 6) is 0.117. The molecule has 8 heteroatoms. The summed E-state index contributed by atoms with van der Waals surface area (Å²) in [5.41, 5.74) is 3.57. The number of hydrogen-bond acceptors (Lipinski definition) is 5. The molecule has 1 heterocycles. The molecule has 0 aliphatic carbocycles. The van der Waals surface area contributed by atoms with Crippen LogP contribution in [0.3, 0.4) is 0 Å². The van der Waals surface area contributed by atoms with Gasteiger partial charge in [-0.05, 0) is 49.7 Å². The van der Waals surface area contributed by atoms with Crippen LogP contribution < -0.4 is 5.14 Å². The van der Waals surface area contributed by atoms with E-state index in [0.29, 0.717) is 6.54 Å². The van der Waals surface area contributed by atoms with Crippen molar-refractivity contribution in [3.63, 3.8) is 0 Å². The van der Waals surface area contributed by atoms with Gasteiger partial charge in [-0.1, -0.05) is 36.4 Å². The Morgan fingerprint density at radius 3 is 2.26 bits per heavy atom. The number of amides is 1. The number of primary sulfonamides is 1. The first-order chi connectivity index (χ1) is 14.6. The van der Waals surface area contributed by atoms with Gasteiger partial charge >= 0.3 is 0 Å². The number of benzene rings is 2. The van der Waals surface area contributed by atoms with Gasteiger partial charge in [-0.3, -0.25) is 14.6 Å². The Hall–Kier alpha value is -2.26. The molecule has 0 saturated carbocycles. The summed E-state index contributed by atoms with van der Waals surface area (Å²) in [5, 5.41) is 5.16. The molecule has 168 valence electrons. The van der Waals surface area contributed by atoms with E-state index < -0.39 is 10.0 Å². The van der Waals surface area contributed by atoms with Gasteiger partial charge in [0.1, 0.15) is 0 Å². The third-order valence-corrected chi connectivity index (χ3v) is 7.05. The molecule has 2 N–H and O–H groups in total. The van der Waals surface area contributed by atoms with Crippen LogP contribution in [0, 0.1) is 6.92 Å². The van der Waals surface area contributed by atoms with Crippen LogP contribution in [-0.2, 0) is 21.4 Å². The highest BCUT2D eigenvalue weighted by atomic mass is 32.2. The summed E-state index contributed by atoms with van der Waals surface area (Å²) in [7, 11) is -1.80. The van der Waals surface area contributed by atoms with Crippen LogP contribution >= 0.6 is 0 Å². The molecule has 0 radical (unpaired) electrons. The van der Waals surface area contributed by atoms with Crippen molar-refractivity contribution in [1.82, 2.24) is 14.7 Å². The molecule has 1 aliphatic heterocycles. The van der Waals surface area contributed by atoms with Crippen LogP contribution in [0.5, 0.6) is 0 Å². The topological polar surface area (TPSA) is 86.9 Å². The fourth-order valence-corrected chi connectivity index (χ4v) is 4.34. The third-order valence-electron chi connectivity index (χ3n) is 6.12. The lowest BCUT2D eigenvalue weighted by Gasteiger charge is -2.36. The number of rotatable bonds is 7. The van der Waals surface area contributed by atoms with Crippen LogP contribution in [-0.4, -0.2) is 68.8 Å². The average Bonchev–Trinajstić information content (AvgIpc) is 2.74. The lowest BCUT2D eigenvalue weighted by molar-refractivity contribution is -0.134. The fourth-order valence-electron chi connectivity index (χ4n) is 3.82. The van der Waals surface area contributed by atoms with E-state index >= 15 is 0 Å². The second-order valence-electron chi connectivity index (χ2n) is 8.29. The molecule has 1 amide bonds. The Balaban J connectivity index is 1.50. The number of carbonyl (C=O) groups is 1. The molecular formula is C23H32N4O3S. The van der Waals surface area contributed by atoms with Gasteiger partial charge < -0.3 is 4.90 Å². The highest BCUT2D eigenvalue weighted by Gasteiger charge is 2.24. The van der Waals surface area contributed by atoms with Crippen LogP contribution in [0.15, 0.2) is 53.4 Å². The van der Waals surface area contributed by atoms with Gasteiger partial charge in [-0.25, -0.2) is 13.6 Å². The number of aryl methyl sites for hydroxylation is 1. The highest BCUT2D eigenvalue weighted by Crippen LogP contribution is 2.21. The number of nitrogens with two attached hydrogens (primary N) is 1. The molecule has 2 aromatic rings. The molecule has 1 atom stereocenters. The van der Waals surface area contributed by atoms with Crippen molar-refractivity contribution in [2.45, 2.75) is 31.3 Å². The first kappa shape index (κ1) is 23.4. The maximum Gasteiger partial charge on any atom is 0.238 e. The number of likely N-dealkylation sites (N-methyl/N-ethyl adjacent to an activating group) is 1. The van der Waals surface area contributed by atoms with Crippen LogP contribution in [0.25, 0.3) is 0 Å². The van der Waals surface area contributed by atoms with E-state index in [0.717, 1.165) is 38.3 Å². The second-order valence-corrected chi connectivity index (χ2v) is 9.85. The van der Waals surface area contributed by atoms with E-state index in [2.05, 4.69) is 36.1 Å². The maximum absolute atomic E-state index is 12.8. The molecule has 1 saturated heterocycles. The average molecular weight is 445 g/mol. The minimum absolute atomic E-state index is 0.0270. The maximum atomic E-state index is 12.8. The Kier molecular flexibility index (Phi) is 7.48. The summed E-state index contributed by atoms with van der Waals surface area (Å²) < 4.78 is 22.8. The molecule has 0 bridgehead atoms. The van der Waals surface area contributed by atoms with Crippen molar-refractivity contribution in [3.05, 3.63) is 65.2 Å². The normalized spacial score (nSPS) is 16.5. The predicted octanol–water partition coefficient (Wildman–Crippen LogP) is 1.98. The number of sulfonamides is 1. The molecule has 0 spiro atoms. The molecule has 1 unspecified atom stereocenters. The van der Waals surface area contributed by atoms with Crippen LogP contribution in [0.2, 0.25) is 0 Å². The lowest BCUT2D eigenvalue weighted by Crippen LogP contribution is -2.50. The second kappa shape index (κ2) is 9.91. The largest absolute Gasteiger partial charge is 0.339 e. The molecule has 31 heavy (non-hydrogen) atoms. The first-order valence-electron chi connectivity index (χ1n) is 10.5. The summed E-state index contributed by atoms with van der Waals surface area (Å²) in [6.07, 6.45) is 0. The smallest absolute Gasteiger partial charge is 0.238 e. The van der Waals surface area contributed by atoms with Crippen LogP contribution in [0.4, 0.5) is 0 Å². The predicted molar refractivity (Wildman–Crippen MR) is 122 cm³/mol. The van der Waals surface area contributed by atoms with Crippen LogP contribution in [0.1, 0.15) is 29.7 Å². The minimum Gasteiger partial charge on any atom is -0.339 e. The van der Waals surface area contributed by atoms with Crippen molar-refractivity contribution in [2.75, 3.05) is 39.8 Å². The molecule has 1 aliphatic rings. The fraction of sp³-hybridized carbons (Fsp3) is 0.435. The molecular weight excluding hydrogens is 412 g/mol. The number of carbonyl (C=O) groups excluding carboxylic acids is 1. The van der Waals surface area contributed by atoms with Gasteiger partial charge in [0.25, 0.3) is 0 Å². The Morgan fingerprint density at radius 1 is 1.06 bits per heavy atom. The Bertz CT molecular complexity index is 1000. The van der Waals surface area contributed by atoms with E-state index in [1.54, 1.807) is 12.1 Å². The van der Waals surface area contributed by atoms with Crippen molar-refractivity contribution < 1.29 is 13.2 Å². The zero-order valence-electron chi connectivity index (χ0n) is 18.5. The Morgan fingerprint density at radius 2 is 1.68 bits per heavy atom. The van der Waals surface area contributed by atoms with Gasteiger partial charge in [-0.2, -0.15) is 0 Å². The molecule has 0 aromatic heterocycles. The van der Waals surface area contributed by atoms with Crippen molar-refractivity contribution in [3.8, 4) is 0 Å². The number of piperazine rings is 1. The van der Waals surface area contributed by atoms with E-state index in [9.17, 15) is 13.2 Å². The van der Waals surface area contributed by atoms with E-state index in [-0.39, 0.29) is 16.8 Å². The summed E-state index contributed by atoms with van der Waals surface area (Å²) in [6, 6.07) is 14.9. The SMILES string of the molecule is Cc1ccccc1CN1CCN(C(=O)CN(C)C(C)c2ccc(S(N)(=O)=O)cc2)CC1. The summed E-state index contributed by atoms with van der Waals surface area (Å²) in [4.78, 5) is 19.2. The molecule has 7 nitrogen and oxygen atoms in total. The van der Waals surface area contributed by atoms with Crippen molar-refractivity contribution in [1.29, 1.82) is 0 Å².